The third-order valence-corrected chi connectivity index (χ3v) is 3.90. The number of carbonyl (C=O) groups is 1. The second-order valence-electron chi connectivity index (χ2n) is 5.64. The number of rotatable bonds is 8. The van der Waals surface area contributed by atoms with Crippen molar-refractivity contribution in [1.29, 1.82) is 0 Å². The van der Waals surface area contributed by atoms with Crippen molar-refractivity contribution in [3.63, 3.8) is 0 Å². The van der Waals surface area contributed by atoms with E-state index in [1.165, 1.54) is 25.9 Å². The number of Topliss-reactive ketones (excluding diaryl/α,β-unsaturated/α-hetero) is 1. The summed E-state index contributed by atoms with van der Waals surface area (Å²) in [4.78, 5) is 17.0. The predicted octanol–water partition coefficient (Wildman–Crippen LogP) is 2.30. The minimum absolute atomic E-state index is 0.128. The van der Waals surface area contributed by atoms with Gasteiger partial charge >= 0.3 is 0 Å². The van der Waals surface area contributed by atoms with Crippen LogP contribution in [0.25, 0.3) is 0 Å². The van der Waals surface area contributed by atoms with E-state index in [-0.39, 0.29) is 5.78 Å². The number of hydrogen-bond donors (Lipinski definition) is 0. The predicted molar refractivity (Wildman–Crippen MR) is 85.1 cm³/mol. The first-order valence-electron chi connectivity index (χ1n) is 7.86. The number of hydrogen-bond acceptors (Lipinski definition) is 4. The molecule has 1 aliphatic heterocycles. The number of ketones is 1. The molecule has 1 fully saturated rings. The quantitative estimate of drug-likeness (QED) is 0.688. The zero-order chi connectivity index (χ0) is 15.1. The Hall–Kier alpha value is -1.39. The smallest absolute Gasteiger partial charge is 0.180 e. The van der Waals surface area contributed by atoms with Gasteiger partial charge in [0.1, 0.15) is 5.75 Å². The molecule has 0 N–H and O–H groups in total. The number of nitrogens with zero attached hydrogens (tertiary/aromatic N) is 2. The Morgan fingerprint density at radius 2 is 2.00 bits per heavy atom. The number of carbonyl (C=O) groups excluding carboxylic acids is 1. The molecule has 2 rings (SSSR count). The lowest BCUT2D eigenvalue weighted by molar-refractivity contribution is 0.0937. The number of benzene rings is 1. The van der Waals surface area contributed by atoms with Gasteiger partial charge in [0.15, 0.2) is 5.78 Å². The number of ether oxygens (including phenoxy) is 1. The molecule has 0 unspecified atom stereocenters. The fourth-order valence-electron chi connectivity index (χ4n) is 2.71. The van der Waals surface area contributed by atoms with Crippen molar-refractivity contribution in [1.82, 2.24) is 9.80 Å². The van der Waals surface area contributed by atoms with Crippen LogP contribution in [0.4, 0.5) is 0 Å². The molecule has 116 valence electrons. The number of likely N-dealkylation sites (tertiary alicyclic amines) is 1. The highest BCUT2D eigenvalue weighted by Crippen LogP contribution is 2.18. The van der Waals surface area contributed by atoms with Gasteiger partial charge in [0, 0.05) is 13.1 Å². The Morgan fingerprint density at radius 3 is 2.71 bits per heavy atom. The second-order valence-corrected chi connectivity index (χ2v) is 5.64. The zero-order valence-corrected chi connectivity index (χ0v) is 13.2. The maximum absolute atomic E-state index is 12.4. The molecule has 21 heavy (non-hydrogen) atoms. The van der Waals surface area contributed by atoms with Crippen LogP contribution in [0, 0.1) is 0 Å². The summed E-state index contributed by atoms with van der Waals surface area (Å²) in [6.45, 7) is 7.35. The van der Waals surface area contributed by atoms with Crippen LogP contribution >= 0.6 is 0 Å². The summed E-state index contributed by atoms with van der Waals surface area (Å²) in [6.07, 6.45) is 2.62. The van der Waals surface area contributed by atoms with E-state index in [0.29, 0.717) is 24.5 Å². The SMILES string of the molecule is CCOc1ccccc1C(=O)CN(C)CCN1CCCC1. The van der Waals surface area contributed by atoms with E-state index in [1.807, 2.05) is 38.2 Å². The molecule has 0 radical (unpaired) electrons. The van der Waals surface area contributed by atoms with Gasteiger partial charge in [0.05, 0.1) is 18.7 Å². The molecule has 0 aromatic heterocycles. The maximum atomic E-state index is 12.4. The molecule has 4 nitrogen and oxygen atoms in total. The Labute approximate surface area is 127 Å². The van der Waals surface area contributed by atoms with Crippen LogP contribution in [0.15, 0.2) is 24.3 Å². The third kappa shape index (κ3) is 4.83. The van der Waals surface area contributed by atoms with E-state index >= 15 is 0 Å². The van der Waals surface area contributed by atoms with E-state index in [2.05, 4.69) is 9.80 Å². The van der Waals surface area contributed by atoms with Crippen molar-refractivity contribution >= 4 is 5.78 Å². The molecule has 0 saturated carbocycles. The molecule has 1 aromatic carbocycles. The summed E-state index contributed by atoms with van der Waals surface area (Å²) < 4.78 is 5.53. The van der Waals surface area contributed by atoms with Gasteiger partial charge in [0.25, 0.3) is 0 Å². The fraction of sp³-hybridized carbons (Fsp3) is 0.588. The van der Waals surface area contributed by atoms with Gasteiger partial charge in [-0.25, -0.2) is 0 Å². The molecule has 0 amide bonds. The normalized spacial score (nSPS) is 15.6. The van der Waals surface area contributed by atoms with Crippen LogP contribution in [-0.2, 0) is 0 Å². The van der Waals surface area contributed by atoms with Crippen molar-refractivity contribution in [3.05, 3.63) is 29.8 Å². The van der Waals surface area contributed by atoms with Crippen LogP contribution in [0.3, 0.4) is 0 Å². The maximum Gasteiger partial charge on any atom is 0.180 e. The largest absolute Gasteiger partial charge is 0.493 e. The first-order chi connectivity index (χ1) is 10.2. The summed E-state index contributed by atoms with van der Waals surface area (Å²) in [5.74, 6) is 0.820. The van der Waals surface area contributed by atoms with E-state index in [1.54, 1.807) is 0 Å². The van der Waals surface area contributed by atoms with Crippen molar-refractivity contribution in [2.45, 2.75) is 19.8 Å². The highest BCUT2D eigenvalue weighted by atomic mass is 16.5. The van der Waals surface area contributed by atoms with Gasteiger partial charge in [-0.05, 0) is 52.0 Å². The summed E-state index contributed by atoms with van der Waals surface area (Å²) in [5, 5.41) is 0. The van der Waals surface area contributed by atoms with Crippen molar-refractivity contribution < 1.29 is 9.53 Å². The van der Waals surface area contributed by atoms with E-state index in [9.17, 15) is 4.79 Å². The Kier molecular flexibility index (Phi) is 6.21. The van der Waals surface area contributed by atoms with Crippen LogP contribution in [0.2, 0.25) is 0 Å². The Balaban J connectivity index is 1.85. The summed E-state index contributed by atoms with van der Waals surface area (Å²) in [5.41, 5.74) is 0.687. The minimum atomic E-state index is 0.128. The van der Waals surface area contributed by atoms with Gasteiger partial charge in [-0.15, -0.1) is 0 Å². The monoisotopic (exact) mass is 290 g/mol. The Morgan fingerprint density at radius 1 is 1.29 bits per heavy atom. The van der Waals surface area contributed by atoms with Crippen LogP contribution in [0.5, 0.6) is 5.75 Å². The van der Waals surface area contributed by atoms with Crippen molar-refractivity contribution in [2.24, 2.45) is 0 Å². The molecule has 1 aliphatic rings. The summed E-state index contributed by atoms with van der Waals surface area (Å²) in [7, 11) is 2.01. The topological polar surface area (TPSA) is 32.8 Å². The highest BCUT2D eigenvalue weighted by Gasteiger charge is 2.16. The number of para-hydroxylation sites is 1. The van der Waals surface area contributed by atoms with Crippen molar-refractivity contribution in [3.8, 4) is 5.75 Å². The lowest BCUT2D eigenvalue weighted by atomic mass is 10.1. The van der Waals surface area contributed by atoms with E-state index in [0.717, 1.165) is 13.1 Å². The van der Waals surface area contributed by atoms with E-state index in [4.69, 9.17) is 4.74 Å². The summed E-state index contributed by atoms with van der Waals surface area (Å²) in [6, 6.07) is 7.50. The molecule has 1 aromatic rings. The van der Waals surface area contributed by atoms with Gasteiger partial charge in [-0.3, -0.25) is 9.69 Å². The molecule has 1 saturated heterocycles. The average Bonchev–Trinajstić information content (AvgIpc) is 2.99. The van der Waals surface area contributed by atoms with Gasteiger partial charge in [0.2, 0.25) is 0 Å². The average molecular weight is 290 g/mol. The standard InChI is InChI=1S/C17H26N2O2/c1-3-21-17-9-5-4-8-15(17)16(20)14-18(2)12-13-19-10-6-7-11-19/h4-5,8-9H,3,6-7,10-14H2,1-2H3. The first-order valence-corrected chi connectivity index (χ1v) is 7.86. The van der Waals surface area contributed by atoms with Crippen LogP contribution < -0.4 is 4.74 Å². The third-order valence-electron chi connectivity index (χ3n) is 3.90. The highest BCUT2D eigenvalue weighted by molar-refractivity contribution is 6.00. The lowest BCUT2D eigenvalue weighted by Crippen LogP contribution is -2.34. The van der Waals surface area contributed by atoms with Crippen LogP contribution in [0.1, 0.15) is 30.1 Å². The minimum Gasteiger partial charge on any atom is -0.493 e. The summed E-state index contributed by atoms with van der Waals surface area (Å²) >= 11 is 0. The number of likely N-dealkylation sites (N-methyl/N-ethyl adjacent to an activating group) is 1. The Bertz CT molecular complexity index is 456. The zero-order valence-electron chi connectivity index (χ0n) is 13.2. The van der Waals surface area contributed by atoms with Gasteiger partial charge < -0.3 is 9.64 Å². The molecule has 0 bridgehead atoms. The van der Waals surface area contributed by atoms with E-state index < -0.39 is 0 Å². The molecular formula is C17H26N2O2. The van der Waals surface area contributed by atoms with Crippen molar-refractivity contribution in [2.75, 3.05) is 46.4 Å². The van der Waals surface area contributed by atoms with Gasteiger partial charge in [-0.1, -0.05) is 12.1 Å². The lowest BCUT2D eigenvalue weighted by Gasteiger charge is -2.21. The van der Waals surface area contributed by atoms with Gasteiger partial charge in [-0.2, -0.15) is 0 Å². The molecular weight excluding hydrogens is 264 g/mol. The second kappa shape index (κ2) is 8.15. The molecule has 0 spiro atoms. The fourth-order valence-corrected chi connectivity index (χ4v) is 2.71. The van der Waals surface area contributed by atoms with Crippen LogP contribution in [-0.4, -0.2) is 62.0 Å². The molecule has 0 atom stereocenters. The molecule has 4 heteroatoms. The first kappa shape index (κ1) is 16.0. The molecule has 1 heterocycles. The molecule has 0 aliphatic carbocycles.